The Labute approximate surface area is 142 Å². The molecule has 0 saturated carbocycles. The maximum absolute atomic E-state index is 13.5. The monoisotopic (exact) mass is 355 g/mol. The molecule has 1 fully saturated rings. The molecule has 134 valence electrons. The summed E-state index contributed by atoms with van der Waals surface area (Å²) < 4.78 is 63.8. The topological polar surface area (TPSA) is 30.5 Å². The van der Waals surface area contributed by atoms with E-state index >= 15 is 0 Å². The second-order valence-electron chi connectivity index (χ2n) is 5.73. The Kier molecular flexibility index (Phi) is 5.24. The van der Waals surface area contributed by atoms with Crippen molar-refractivity contribution in [2.45, 2.75) is 12.3 Å². The van der Waals surface area contributed by atoms with Gasteiger partial charge < -0.3 is 14.8 Å². The summed E-state index contributed by atoms with van der Waals surface area (Å²) >= 11 is 0. The predicted molar refractivity (Wildman–Crippen MR) is 84.9 cm³/mol. The second-order valence-corrected chi connectivity index (χ2v) is 5.73. The molecule has 3 nitrogen and oxygen atoms in total. The Morgan fingerprint density at radius 3 is 2.68 bits per heavy atom. The quantitative estimate of drug-likeness (QED) is 0.845. The van der Waals surface area contributed by atoms with Gasteiger partial charge in [-0.25, -0.2) is 4.39 Å². The highest BCUT2D eigenvalue weighted by Crippen LogP contribution is 2.37. The summed E-state index contributed by atoms with van der Waals surface area (Å²) in [5.41, 5.74) is -0.295. The molecule has 1 aliphatic rings. The lowest BCUT2D eigenvalue weighted by molar-refractivity contribution is -0.137. The molecule has 1 saturated heterocycles. The maximum Gasteiger partial charge on any atom is 0.416 e. The van der Waals surface area contributed by atoms with E-state index in [0.717, 1.165) is 18.7 Å². The van der Waals surface area contributed by atoms with Gasteiger partial charge in [-0.15, -0.1) is 0 Å². The van der Waals surface area contributed by atoms with E-state index < -0.39 is 17.6 Å². The van der Waals surface area contributed by atoms with E-state index in [0.29, 0.717) is 18.7 Å². The molecule has 2 aromatic rings. The molecule has 0 radical (unpaired) electrons. The number of ether oxygens (including phenoxy) is 2. The first-order valence-electron chi connectivity index (χ1n) is 7.86. The van der Waals surface area contributed by atoms with Gasteiger partial charge >= 0.3 is 6.18 Å². The molecule has 0 unspecified atom stereocenters. The van der Waals surface area contributed by atoms with Gasteiger partial charge in [0.1, 0.15) is 24.3 Å². The summed E-state index contributed by atoms with van der Waals surface area (Å²) in [5, 5.41) is 3.15. The Balaban J connectivity index is 1.90. The molecular formula is C18H17F4NO2. The first kappa shape index (κ1) is 17.7. The minimum atomic E-state index is -4.49. The van der Waals surface area contributed by atoms with Crippen LogP contribution in [-0.2, 0) is 10.9 Å². The lowest BCUT2D eigenvalue weighted by Gasteiger charge is -2.24. The average Bonchev–Trinajstić information content (AvgIpc) is 2.60. The second kappa shape index (κ2) is 7.41. The van der Waals surface area contributed by atoms with E-state index in [1.165, 1.54) is 24.3 Å². The van der Waals surface area contributed by atoms with Crippen molar-refractivity contribution in [2.24, 2.45) is 0 Å². The van der Waals surface area contributed by atoms with Crippen LogP contribution in [0.25, 0.3) is 11.1 Å². The largest absolute Gasteiger partial charge is 0.490 e. The molecule has 1 N–H and O–H groups in total. The molecule has 3 rings (SSSR count). The zero-order chi connectivity index (χ0) is 17.9. The zero-order valence-electron chi connectivity index (χ0n) is 13.3. The fraction of sp³-hybridized carbons (Fsp3) is 0.333. The molecule has 0 aliphatic carbocycles. The number of alkyl halides is 3. The molecule has 1 heterocycles. The first-order valence-corrected chi connectivity index (χ1v) is 7.86. The number of morpholine rings is 1. The van der Waals surface area contributed by atoms with Crippen LogP contribution in [0.4, 0.5) is 17.6 Å². The third-order valence-corrected chi connectivity index (χ3v) is 3.87. The number of hydrogen-bond acceptors (Lipinski definition) is 3. The van der Waals surface area contributed by atoms with Crippen molar-refractivity contribution in [1.29, 1.82) is 0 Å². The van der Waals surface area contributed by atoms with Crippen LogP contribution in [0.15, 0.2) is 42.5 Å². The van der Waals surface area contributed by atoms with Crippen LogP contribution in [0.3, 0.4) is 0 Å². The van der Waals surface area contributed by atoms with E-state index in [4.69, 9.17) is 9.47 Å². The van der Waals surface area contributed by atoms with Crippen molar-refractivity contribution in [2.75, 3.05) is 26.3 Å². The molecule has 0 spiro atoms. The summed E-state index contributed by atoms with van der Waals surface area (Å²) in [5.74, 6) is -0.270. The maximum atomic E-state index is 13.5. The van der Waals surface area contributed by atoms with Crippen molar-refractivity contribution < 1.29 is 27.0 Å². The molecule has 25 heavy (non-hydrogen) atoms. The average molecular weight is 355 g/mol. The van der Waals surface area contributed by atoms with Crippen molar-refractivity contribution in [3.8, 4) is 16.9 Å². The molecule has 7 heteroatoms. The number of nitrogens with one attached hydrogen (secondary N) is 1. The Bertz CT molecular complexity index is 727. The minimum Gasteiger partial charge on any atom is -0.490 e. The highest BCUT2D eigenvalue weighted by atomic mass is 19.4. The molecular weight excluding hydrogens is 338 g/mol. The lowest BCUT2D eigenvalue weighted by atomic mass is 10.0. The SMILES string of the molecule is Fc1cccc(-c2cc(C(F)(F)F)ccc2OC[C@@H]2CNCCO2)c1. The van der Waals surface area contributed by atoms with Gasteiger partial charge in [0.2, 0.25) is 0 Å². The van der Waals surface area contributed by atoms with Gasteiger partial charge in [0.25, 0.3) is 0 Å². The Morgan fingerprint density at radius 1 is 1.16 bits per heavy atom. The first-order chi connectivity index (χ1) is 11.9. The standard InChI is InChI=1S/C18H17F4NO2/c19-14-3-1-2-12(8-14)16-9-13(18(20,21)22)4-5-17(16)25-11-15-10-23-6-7-24-15/h1-5,8-9,15,23H,6-7,10-11H2/t15-/m0/s1. The summed E-state index contributed by atoms with van der Waals surface area (Å²) in [6, 6.07) is 8.61. The molecule has 0 bridgehead atoms. The third-order valence-electron chi connectivity index (χ3n) is 3.87. The van der Waals surface area contributed by atoms with Crippen molar-refractivity contribution in [1.82, 2.24) is 5.32 Å². The normalized spacial score (nSPS) is 18.2. The summed E-state index contributed by atoms with van der Waals surface area (Å²) in [4.78, 5) is 0. The van der Waals surface area contributed by atoms with Crippen LogP contribution >= 0.6 is 0 Å². The summed E-state index contributed by atoms with van der Waals surface area (Å²) in [6.45, 7) is 2.11. The lowest BCUT2D eigenvalue weighted by Crippen LogP contribution is -2.41. The third kappa shape index (κ3) is 4.49. The number of halogens is 4. The van der Waals surface area contributed by atoms with Crippen LogP contribution in [0.2, 0.25) is 0 Å². The van der Waals surface area contributed by atoms with Crippen LogP contribution in [-0.4, -0.2) is 32.4 Å². The molecule has 0 amide bonds. The van der Waals surface area contributed by atoms with Crippen LogP contribution in [0.5, 0.6) is 5.75 Å². The Morgan fingerprint density at radius 2 is 2.00 bits per heavy atom. The molecule has 1 aliphatic heterocycles. The fourth-order valence-electron chi connectivity index (χ4n) is 2.62. The van der Waals surface area contributed by atoms with Gasteiger partial charge in [0.05, 0.1) is 12.2 Å². The van der Waals surface area contributed by atoms with Crippen LogP contribution < -0.4 is 10.1 Å². The summed E-state index contributed by atoms with van der Waals surface area (Å²) in [7, 11) is 0. The van der Waals surface area contributed by atoms with E-state index in [9.17, 15) is 17.6 Å². The number of benzene rings is 2. The highest BCUT2D eigenvalue weighted by molar-refractivity contribution is 5.71. The van der Waals surface area contributed by atoms with Gasteiger partial charge in [-0.1, -0.05) is 12.1 Å². The van der Waals surface area contributed by atoms with Gasteiger partial charge in [0.15, 0.2) is 0 Å². The number of rotatable bonds is 4. The van der Waals surface area contributed by atoms with Crippen molar-refractivity contribution >= 4 is 0 Å². The molecule has 1 atom stereocenters. The highest BCUT2D eigenvalue weighted by Gasteiger charge is 2.31. The van der Waals surface area contributed by atoms with Gasteiger partial charge in [-0.3, -0.25) is 0 Å². The van der Waals surface area contributed by atoms with Gasteiger partial charge in [-0.2, -0.15) is 13.2 Å². The van der Waals surface area contributed by atoms with E-state index in [1.54, 1.807) is 6.07 Å². The zero-order valence-corrected chi connectivity index (χ0v) is 13.3. The van der Waals surface area contributed by atoms with Crippen LogP contribution in [0.1, 0.15) is 5.56 Å². The molecule has 0 aromatic heterocycles. The number of hydrogen-bond donors (Lipinski definition) is 1. The minimum absolute atomic E-state index is 0.184. The summed E-state index contributed by atoms with van der Waals surface area (Å²) in [6.07, 6.45) is -4.67. The van der Waals surface area contributed by atoms with Crippen molar-refractivity contribution in [3.05, 3.63) is 53.8 Å². The Hall–Kier alpha value is -2.12. The van der Waals surface area contributed by atoms with Gasteiger partial charge in [-0.05, 0) is 35.9 Å². The van der Waals surface area contributed by atoms with E-state index in [-0.39, 0.29) is 24.0 Å². The smallest absolute Gasteiger partial charge is 0.416 e. The predicted octanol–water partition coefficient (Wildman–Crippen LogP) is 3.88. The van der Waals surface area contributed by atoms with E-state index in [2.05, 4.69) is 5.32 Å². The molecule has 2 aromatic carbocycles. The van der Waals surface area contributed by atoms with E-state index in [1.807, 2.05) is 0 Å². The van der Waals surface area contributed by atoms with Crippen LogP contribution in [0, 0.1) is 5.82 Å². The van der Waals surface area contributed by atoms with Crippen molar-refractivity contribution in [3.63, 3.8) is 0 Å². The van der Waals surface area contributed by atoms with Gasteiger partial charge in [0, 0.05) is 18.7 Å². The fourth-order valence-corrected chi connectivity index (χ4v) is 2.62.